The summed E-state index contributed by atoms with van der Waals surface area (Å²) in [6.07, 6.45) is 5.61. The van der Waals surface area contributed by atoms with Crippen molar-refractivity contribution in [2.24, 2.45) is 0 Å². The fourth-order valence-corrected chi connectivity index (χ4v) is 1.65. The van der Waals surface area contributed by atoms with Crippen LogP contribution in [0.2, 0.25) is 0 Å². The fraction of sp³-hybridized carbons (Fsp3) is 0.500. The molecule has 0 saturated heterocycles. The van der Waals surface area contributed by atoms with Gasteiger partial charge in [-0.2, -0.15) is 0 Å². The van der Waals surface area contributed by atoms with E-state index in [0.29, 0.717) is 6.61 Å². The molecule has 4 heteroatoms. The molecular weight excluding hydrogens is 232 g/mol. The Hall–Kier alpha value is -1.71. The number of hydrogen-bond donors (Lipinski definition) is 1. The van der Waals surface area contributed by atoms with Gasteiger partial charge < -0.3 is 14.9 Å². The van der Waals surface area contributed by atoms with Crippen molar-refractivity contribution >= 4 is 5.97 Å². The van der Waals surface area contributed by atoms with Gasteiger partial charge in [0.05, 0.1) is 12.2 Å². The second-order valence-corrected chi connectivity index (χ2v) is 4.23. The van der Waals surface area contributed by atoms with Crippen molar-refractivity contribution < 1.29 is 19.7 Å². The van der Waals surface area contributed by atoms with E-state index in [1.807, 2.05) is 0 Å². The van der Waals surface area contributed by atoms with Gasteiger partial charge in [-0.05, 0) is 18.6 Å². The van der Waals surface area contributed by atoms with E-state index in [4.69, 9.17) is 9.84 Å². The first-order valence-corrected chi connectivity index (χ1v) is 6.32. The summed E-state index contributed by atoms with van der Waals surface area (Å²) in [6, 6.07) is 3.91. The maximum atomic E-state index is 11.5. The van der Waals surface area contributed by atoms with Crippen LogP contribution >= 0.6 is 0 Å². The van der Waals surface area contributed by atoms with E-state index >= 15 is 0 Å². The molecule has 0 spiro atoms. The molecule has 0 heterocycles. The molecule has 1 aromatic rings. The third kappa shape index (κ3) is 4.65. The minimum absolute atomic E-state index is 0.00436. The van der Waals surface area contributed by atoms with Crippen molar-refractivity contribution in [1.29, 1.82) is 0 Å². The summed E-state index contributed by atoms with van der Waals surface area (Å²) in [4.78, 5) is 10.6. The number of hydrogen-bond acceptors (Lipinski definition) is 3. The Morgan fingerprint density at radius 2 is 2.00 bits per heavy atom. The molecule has 0 saturated carbocycles. The Balaban J connectivity index is 2.36. The number of carboxylic acids is 1. The minimum atomic E-state index is -1.10. The molecule has 0 aromatic heterocycles. The number of carboxylic acid groups (broad SMARTS) is 1. The molecule has 0 atom stereocenters. The zero-order chi connectivity index (χ0) is 13.4. The van der Waals surface area contributed by atoms with Gasteiger partial charge in [0, 0.05) is 0 Å². The van der Waals surface area contributed by atoms with Crippen LogP contribution < -0.4 is 9.84 Å². The van der Waals surface area contributed by atoms with Gasteiger partial charge in [-0.1, -0.05) is 44.4 Å². The van der Waals surface area contributed by atoms with Gasteiger partial charge in [0.1, 0.15) is 5.75 Å². The average Bonchev–Trinajstić information content (AvgIpc) is 2.35. The van der Waals surface area contributed by atoms with Gasteiger partial charge in [-0.3, -0.25) is 0 Å². The summed E-state index contributed by atoms with van der Waals surface area (Å²) in [5.74, 6) is -1.24. The van der Waals surface area contributed by atoms with Gasteiger partial charge in [0.25, 0.3) is 0 Å². The topological polar surface area (TPSA) is 69.6 Å². The summed E-state index contributed by atoms with van der Waals surface area (Å²) in [6.45, 7) is 2.66. The maximum Gasteiger partial charge on any atom is 0.335 e. The largest absolute Gasteiger partial charge is 0.870 e. The highest BCUT2D eigenvalue weighted by atomic mass is 16.5. The predicted octanol–water partition coefficient (Wildman–Crippen LogP) is 2.81. The molecule has 0 amide bonds. The first-order valence-electron chi connectivity index (χ1n) is 6.32. The van der Waals surface area contributed by atoms with Crippen molar-refractivity contribution in [3.63, 3.8) is 0 Å². The van der Waals surface area contributed by atoms with Crippen LogP contribution in [0.4, 0.5) is 0 Å². The summed E-state index contributed by atoms with van der Waals surface area (Å²) in [5.41, 5.74) is -0.00436. The summed E-state index contributed by atoms with van der Waals surface area (Å²) in [7, 11) is 0. The van der Waals surface area contributed by atoms with Crippen molar-refractivity contribution in [2.75, 3.05) is 6.61 Å². The summed E-state index contributed by atoms with van der Waals surface area (Å²) in [5, 5.41) is 20.2. The quantitative estimate of drug-likeness (QED) is 0.721. The molecule has 0 radical (unpaired) electrons. The van der Waals surface area contributed by atoms with E-state index in [0.717, 1.165) is 18.9 Å². The highest BCUT2D eigenvalue weighted by Crippen LogP contribution is 2.24. The molecule has 0 unspecified atom stereocenters. The number of unbranched alkanes of at least 4 members (excludes halogenated alkanes) is 4. The van der Waals surface area contributed by atoms with Crippen LogP contribution in [-0.2, 0) is 0 Å². The number of ether oxygens (including phenoxy) is 1. The SMILES string of the molecule is CCCCCCCOc1ccc(C(=O)O)cc1[O-]. The first-order chi connectivity index (χ1) is 8.65. The number of benzene rings is 1. The van der Waals surface area contributed by atoms with Gasteiger partial charge in [-0.15, -0.1) is 0 Å². The minimum Gasteiger partial charge on any atom is -0.870 e. The van der Waals surface area contributed by atoms with Crippen molar-refractivity contribution in [1.82, 2.24) is 0 Å². The van der Waals surface area contributed by atoms with Crippen LogP contribution in [0.15, 0.2) is 18.2 Å². The molecule has 18 heavy (non-hydrogen) atoms. The molecule has 1 N–H and O–H groups in total. The van der Waals surface area contributed by atoms with Gasteiger partial charge in [0.2, 0.25) is 0 Å². The molecule has 0 bridgehead atoms. The third-order valence-corrected chi connectivity index (χ3v) is 2.70. The Labute approximate surface area is 107 Å². The smallest absolute Gasteiger partial charge is 0.335 e. The normalized spacial score (nSPS) is 10.3. The molecule has 100 valence electrons. The zero-order valence-electron chi connectivity index (χ0n) is 10.6. The molecule has 0 aliphatic heterocycles. The first kappa shape index (κ1) is 14.4. The van der Waals surface area contributed by atoms with Crippen molar-refractivity contribution in [3.05, 3.63) is 23.8 Å². The standard InChI is InChI=1S/C14H20O4/c1-2-3-4-5-6-9-18-13-8-7-11(14(16)17)10-12(13)15/h7-8,10,15H,2-6,9H2,1H3,(H,16,17)/p-1. The van der Waals surface area contributed by atoms with Crippen LogP contribution in [0, 0.1) is 0 Å². The third-order valence-electron chi connectivity index (χ3n) is 2.70. The Kier molecular flexibility index (Phi) is 6.05. The van der Waals surface area contributed by atoms with E-state index < -0.39 is 5.97 Å². The lowest BCUT2D eigenvalue weighted by Gasteiger charge is -2.15. The van der Waals surface area contributed by atoms with Crippen molar-refractivity contribution in [3.8, 4) is 11.5 Å². The van der Waals surface area contributed by atoms with Crippen LogP contribution in [0.5, 0.6) is 11.5 Å². The maximum absolute atomic E-state index is 11.5. The van der Waals surface area contributed by atoms with Gasteiger partial charge in [0.15, 0.2) is 0 Å². The fourth-order valence-electron chi connectivity index (χ4n) is 1.65. The summed E-state index contributed by atoms with van der Waals surface area (Å²) >= 11 is 0. The van der Waals surface area contributed by atoms with Gasteiger partial charge in [-0.25, -0.2) is 4.79 Å². The molecule has 0 aliphatic rings. The van der Waals surface area contributed by atoms with Crippen LogP contribution in [0.3, 0.4) is 0 Å². The second-order valence-electron chi connectivity index (χ2n) is 4.23. The Morgan fingerprint density at radius 3 is 2.61 bits per heavy atom. The second kappa shape index (κ2) is 7.58. The van der Waals surface area contributed by atoms with E-state index in [-0.39, 0.29) is 17.1 Å². The Bertz CT molecular complexity index is 387. The number of carbonyl (C=O) groups is 1. The average molecular weight is 251 g/mol. The zero-order valence-corrected chi connectivity index (χ0v) is 10.6. The lowest BCUT2D eigenvalue weighted by Crippen LogP contribution is -2.04. The van der Waals surface area contributed by atoms with Crippen molar-refractivity contribution in [2.45, 2.75) is 39.0 Å². The molecular formula is C14H19O4-. The van der Waals surface area contributed by atoms with Gasteiger partial charge >= 0.3 is 5.97 Å². The van der Waals surface area contributed by atoms with E-state index in [2.05, 4.69) is 6.92 Å². The molecule has 1 rings (SSSR count). The number of aromatic carboxylic acids is 1. The molecule has 0 aliphatic carbocycles. The monoisotopic (exact) mass is 251 g/mol. The van der Waals surface area contributed by atoms with Crippen LogP contribution in [-0.4, -0.2) is 17.7 Å². The molecule has 0 fully saturated rings. The highest BCUT2D eigenvalue weighted by Gasteiger charge is 2.03. The predicted molar refractivity (Wildman–Crippen MR) is 67.1 cm³/mol. The van der Waals surface area contributed by atoms with E-state index in [1.165, 1.54) is 31.4 Å². The lowest BCUT2D eigenvalue weighted by atomic mass is 10.2. The lowest BCUT2D eigenvalue weighted by molar-refractivity contribution is -0.270. The van der Waals surface area contributed by atoms with E-state index in [9.17, 15) is 9.90 Å². The van der Waals surface area contributed by atoms with E-state index in [1.54, 1.807) is 0 Å². The van der Waals surface area contributed by atoms with Crippen LogP contribution in [0.25, 0.3) is 0 Å². The summed E-state index contributed by atoms with van der Waals surface area (Å²) < 4.78 is 5.35. The number of rotatable bonds is 8. The molecule has 4 nitrogen and oxygen atoms in total. The Morgan fingerprint density at radius 1 is 1.28 bits per heavy atom. The van der Waals surface area contributed by atoms with Crippen LogP contribution in [0.1, 0.15) is 49.4 Å². The highest BCUT2D eigenvalue weighted by molar-refractivity contribution is 5.88. The molecule has 1 aromatic carbocycles.